The van der Waals surface area contributed by atoms with Crippen LogP contribution in [0.1, 0.15) is 29.2 Å². The molecule has 1 aliphatic heterocycles. The van der Waals surface area contributed by atoms with Crippen LogP contribution in [0.3, 0.4) is 0 Å². The van der Waals surface area contributed by atoms with E-state index in [4.69, 9.17) is 4.99 Å². The summed E-state index contributed by atoms with van der Waals surface area (Å²) in [6, 6.07) is 27.7. The van der Waals surface area contributed by atoms with Gasteiger partial charge in [0.05, 0.1) is 23.1 Å². The van der Waals surface area contributed by atoms with Gasteiger partial charge in [-0.2, -0.15) is 0 Å². The summed E-state index contributed by atoms with van der Waals surface area (Å²) in [5.74, 6) is 0. The van der Waals surface area contributed by atoms with Gasteiger partial charge < -0.3 is 5.32 Å². The van der Waals surface area contributed by atoms with E-state index in [0.29, 0.717) is 0 Å². The molecule has 118 valence electrons. The first-order chi connectivity index (χ1) is 11.8. The van der Waals surface area contributed by atoms with Crippen LogP contribution in [-0.4, -0.2) is 5.71 Å². The third-order valence-electron chi connectivity index (χ3n) is 4.47. The van der Waals surface area contributed by atoms with Crippen molar-refractivity contribution in [1.29, 1.82) is 0 Å². The minimum Gasteiger partial charge on any atom is -0.376 e. The molecule has 2 heteroatoms. The van der Waals surface area contributed by atoms with E-state index >= 15 is 0 Å². The number of nitrogens with one attached hydrogen (secondary N) is 1. The van der Waals surface area contributed by atoms with Crippen LogP contribution in [0.4, 0.5) is 11.4 Å². The molecule has 0 radical (unpaired) electrons. The molecule has 1 unspecified atom stereocenters. The van der Waals surface area contributed by atoms with Crippen molar-refractivity contribution in [3.63, 3.8) is 0 Å². The van der Waals surface area contributed by atoms with Gasteiger partial charge in [0.2, 0.25) is 0 Å². The standard InChI is InChI=1S/C22H20N2/c1-16-11-13-18(14-12-16)22-15-21(17-7-3-2-4-8-17)23-19-9-5-6-10-20(19)24-22/h2-14,22,24H,15H2,1H3. The first kappa shape index (κ1) is 14.7. The van der Waals surface area contributed by atoms with E-state index in [1.54, 1.807) is 0 Å². The van der Waals surface area contributed by atoms with Gasteiger partial charge in [-0.25, -0.2) is 0 Å². The first-order valence-electron chi connectivity index (χ1n) is 8.35. The summed E-state index contributed by atoms with van der Waals surface area (Å²) in [4.78, 5) is 4.96. The van der Waals surface area contributed by atoms with Crippen molar-refractivity contribution in [2.75, 3.05) is 5.32 Å². The molecule has 0 saturated heterocycles. The third-order valence-corrected chi connectivity index (χ3v) is 4.47. The molecule has 1 aliphatic rings. The number of fused-ring (bicyclic) bond motifs is 1. The number of aryl methyl sites for hydroxylation is 1. The molecule has 0 aromatic heterocycles. The fourth-order valence-electron chi connectivity index (χ4n) is 3.13. The van der Waals surface area contributed by atoms with Crippen LogP contribution in [0.15, 0.2) is 83.9 Å². The molecule has 0 aliphatic carbocycles. The summed E-state index contributed by atoms with van der Waals surface area (Å²) in [5.41, 5.74) is 6.98. The van der Waals surface area contributed by atoms with Gasteiger partial charge in [-0.15, -0.1) is 0 Å². The molecule has 1 heterocycles. The number of nitrogens with zero attached hydrogens (tertiary/aromatic N) is 1. The molecule has 1 N–H and O–H groups in total. The zero-order chi connectivity index (χ0) is 16.4. The highest BCUT2D eigenvalue weighted by Crippen LogP contribution is 2.35. The Labute approximate surface area is 142 Å². The maximum atomic E-state index is 4.96. The second-order valence-corrected chi connectivity index (χ2v) is 6.25. The minimum atomic E-state index is 0.216. The number of benzene rings is 3. The molecule has 0 bridgehead atoms. The SMILES string of the molecule is Cc1ccc(C2CC(c3ccccc3)=Nc3ccccc3N2)cc1. The molecule has 0 amide bonds. The van der Waals surface area contributed by atoms with Gasteiger partial charge in [-0.3, -0.25) is 4.99 Å². The number of anilines is 1. The fraction of sp³-hybridized carbons (Fsp3) is 0.136. The summed E-state index contributed by atoms with van der Waals surface area (Å²) in [5, 5.41) is 3.68. The van der Waals surface area contributed by atoms with Gasteiger partial charge in [0, 0.05) is 6.42 Å². The molecule has 0 spiro atoms. The Hall–Kier alpha value is -2.87. The molecule has 3 aromatic rings. The molecule has 2 nitrogen and oxygen atoms in total. The van der Waals surface area contributed by atoms with Crippen LogP contribution in [0.5, 0.6) is 0 Å². The Morgan fingerprint density at radius 3 is 2.33 bits per heavy atom. The molecular formula is C22H20N2. The van der Waals surface area contributed by atoms with E-state index in [9.17, 15) is 0 Å². The van der Waals surface area contributed by atoms with Gasteiger partial charge in [0.25, 0.3) is 0 Å². The third kappa shape index (κ3) is 2.95. The average Bonchev–Trinajstić information content (AvgIpc) is 2.83. The van der Waals surface area contributed by atoms with Gasteiger partial charge in [-0.05, 0) is 30.2 Å². The Balaban J connectivity index is 1.79. The lowest BCUT2D eigenvalue weighted by atomic mass is 9.97. The fourth-order valence-corrected chi connectivity index (χ4v) is 3.13. The Morgan fingerprint density at radius 2 is 1.54 bits per heavy atom. The maximum absolute atomic E-state index is 4.96. The van der Waals surface area contributed by atoms with Gasteiger partial charge >= 0.3 is 0 Å². The quantitative estimate of drug-likeness (QED) is 0.647. The van der Waals surface area contributed by atoms with Crippen molar-refractivity contribution < 1.29 is 0 Å². The molecule has 4 rings (SSSR count). The lowest BCUT2D eigenvalue weighted by Gasteiger charge is -2.19. The van der Waals surface area contributed by atoms with Gasteiger partial charge in [0.15, 0.2) is 0 Å². The summed E-state index contributed by atoms with van der Waals surface area (Å²) in [6.07, 6.45) is 0.863. The largest absolute Gasteiger partial charge is 0.376 e. The van der Waals surface area contributed by atoms with E-state index in [1.165, 1.54) is 16.7 Å². The van der Waals surface area contributed by atoms with Crippen molar-refractivity contribution in [3.8, 4) is 0 Å². The van der Waals surface area contributed by atoms with Crippen LogP contribution in [0.25, 0.3) is 0 Å². The van der Waals surface area contributed by atoms with Crippen LogP contribution < -0.4 is 5.32 Å². The monoisotopic (exact) mass is 312 g/mol. The van der Waals surface area contributed by atoms with Crippen molar-refractivity contribution in [2.24, 2.45) is 4.99 Å². The van der Waals surface area contributed by atoms with E-state index in [0.717, 1.165) is 23.5 Å². The summed E-state index contributed by atoms with van der Waals surface area (Å²) >= 11 is 0. The molecule has 0 fully saturated rings. The molecule has 3 aromatic carbocycles. The van der Waals surface area contributed by atoms with E-state index in [2.05, 4.69) is 79.0 Å². The normalized spacial score (nSPS) is 16.5. The highest BCUT2D eigenvalue weighted by molar-refractivity contribution is 6.04. The summed E-state index contributed by atoms with van der Waals surface area (Å²) in [7, 11) is 0. The summed E-state index contributed by atoms with van der Waals surface area (Å²) in [6.45, 7) is 2.12. The number of hydrogen-bond donors (Lipinski definition) is 1. The lowest BCUT2D eigenvalue weighted by molar-refractivity contribution is 0.828. The van der Waals surface area contributed by atoms with Crippen LogP contribution in [0, 0.1) is 6.92 Å². The number of rotatable bonds is 2. The maximum Gasteiger partial charge on any atom is 0.0864 e. The average molecular weight is 312 g/mol. The minimum absolute atomic E-state index is 0.216. The zero-order valence-electron chi connectivity index (χ0n) is 13.7. The number of aliphatic imine (C=N–C) groups is 1. The van der Waals surface area contributed by atoms with Crippen LogP contribution >= 0.6 is 0 Å². The van der Waals surface area contributed by atoms with Crippen molar-refractivity contribution in [2.45, 2.75) is 19.4 Å². The molecule has 1 atom stereocenters. The van der Waals surface area contributed by atoms with Gasteiger partial charge in [-0.1, -0.05) is 72.3 Å². The number of para-hydroxylation sites is 2. The predicted molar refractivity (Wildman–Crippen MR) is 101 cm³/mol. The van der Waals surface area contributed by atoms with E-state index in [-0.39, 0.29) is 6.04 Å². The van der Waals surface area contributed by atoms with Crippen LogP contribution in [-0.2, 0) is 0 Å². The Morgan fingerprint density at radius 1 is 0.833 bits per heavy atom. The lowest BCUT2D eigenvalue weighted by Crippen LogP contribution is -2.14. The molecular weight excluding hydrogens is 292 g/mol. The van der Waals surface area contributed by atoms with Gasteiger partial charge in [0.1, 0.15) is 0 Å². The smallest absolute Gasteiger partial charge is 0.0864 e. The Bertz CT molecular complexity index is 864. The second kappa shape index (κ2) is 6.32. The number of hydrogen-bond acceptors (Lipinski definition) is 2. The highest BCUT2D eigenvalue weighted by Gasteiger charge is 2.20. The second-order valence-electron chi connectivity index (χ2n) is 6.25. The molecule has 0 saturated carbocycles. The van der Waals surface area contributed by atoms with Crippen LogP contribution in [0.2, 0.25) is 0 Å². The topological polar surface area (TPSA) is 24.4 Å². The van der Waals surface area contributed by atoms with E-state index < -0.39 is 0 Å². The zero-order valence-corrected chi connectivity index (χ0v) is 13.7. The molecule has 24 heavy (non-hydrogen) atoms. The van der Waals surface area contributed by atoms with Crippen molar-refractivity contribution in [3.05, 3.63) is 95.6 Å². The Kier molecular flexibility index (Phi) is 3.87. The highest BCUT2D eigenvalue weighted by atomic mass is 15.0. The van der Waals surface area contributed by atoms with Crippen molar-refractivity contribution in [1.82, 2.24) is 0 Å². The van der Waals surface area contributed by atoms with Crippen molar-refractivity contribution >= 4 is 17.1 Å². The first-order valence-corrected chi connectivity index (χ1v) is 8.35. The predicted octanol–water partition coefficient (Wildman–Crippen LogP) is 5.67. The summed E-state index contributed by atoms with van der Waals surface area (Å²) < 4.78 is 0. The van der Waals surface area contributed by atoms with E-state index in [1.807, 2.05) is 12.1 Å².